The molecular weight excluding hydrogens is 330 g/mol. The first kappa shape index (κ1) is 16.6. The van der Waals surface area contributed by atoms with Gasteiger partial charge in [0.15, 0.2) is 11.5 Å². The average Bonchev–Trinajstić information content (AvgIpc) is 2.51. The molecule has 4 heteroatoms. The maximum absolute atomic E-state index is 5.73. The quantitative estimate of drug-likeness (QED) is 0.768. The summed E-state index contributed by atoms with van der Waals surface area (Å²) in [5.41, 5.74) is 1.27. The Balaban J connectivity index is 2.28. The number of rotatable bonds is 7. The van der Waals surface area contributed by atoms with Gasteiger partial charge in [-0.3, -0.25) is 0 Å². The van der Waals surface area contributed by atoms with E-state index in [0.717, 1.165) is 16.0 Å². The molecule has 0 radical (unpaired) electrons. The third kappa shape index (κ3) is 3.92. The Morgan fingerprint density at radius 3 is 2.43 bits per heavy atom. The summed E-state index contributed by atoms with van der Waals surface area (Å²) in [4.78, 5) is 0. The number of benzene rings is 1. The molecule has 2 rings (SSSR count). The Hall–Kier alpha value is -0.740. The summed E-state index contributed by atoms with van der Waals surface area (Å²) in [5.74, 6) is 2.34. The van der Waals surface area contributed by atoms with E-state index < -0.39 is 0 Å². The normalized spacial score (nSPS) is 16.6. The topological polar surface area (TPSA) is 30.5 Å². The Morgan fingerprint density at radius 1 is 1.19 bits per heavy atom. The molecule has 1 heterocycles. The SMILES string of the molecule is CCCCC(CC)C(NC)c1cc2c(cc1Br)OCCO2. The molecule has 1 aliphatic rings. The second kappa shape index (κ2) is 8.04. The van der Waals surface area contributed by atoms with E-state index in [9.17, 15) is 0 Å². The molecule has 1 aromatic carbocycles. The molecule has 0 bridgehead atoms. The first-order valence-corrected chi connectivity index (χ1v) is 8.76. The fourth-order valence-corrected chi connectivity index (χ4v) is 3.60. The number of unbranched alkanes of at least 4 members (excludes halogenated alkanes) is 1. The molecule has 0 saturated heterocycles. The van der Waals surface area contributed by atoms with Crippen molar-refractivity contribution in [3.8, 4) is 11.5 Å². The van der Waals surface area contributed by atoms with Crippen LogP contribution in [0.2, 0.25) is 0 Å². The molecule has 3 nitrogen and oxygen atoms in total. The molecule has 0 aliphatic carbocycles. The van der Waals surface area contributed by atoms with Gasteiger partial charge < -0.3 is 14.8 Å². The molecule has 2 unspecified atom stereocenters. The van der Waals surface area contributed by atoms with Gasteiger partial charge in [-0.15, -0.1) is 0 Å². The Morgan fingerprint density at radius 2 is 1.86 bits per heavy atom. The van der Waals surface area contributed by atoms with Crippen LogP contribution in [0.1, 0.15) is 51.1 Å². The van der Waals surface area contributed by atoms with Crippen LogP contribution >= 0.6 is 15.9 Å². The second-order valence-corrected chi connectivity index (χ2v) is 6.45. The van der Waals surface area contributed by atoms with Crippen molar-refractivity contribution < 1.29 is 9.47 Å². The Labute approximate surface area is 136 Å². The zero-order valence-corrected chi connectivity index (χ0v) is 14.8. The third-order valence-electron chi connectivity index (χ3n) is 4.23. The van der Waals surface area contributed by atoms with E-state index >= 15 is 0 Å². The predicted octanol–water partition coefficient (Wildman–Crippen LogP) is 4.70. The summed E-state index contributed by atoms with van der Waals surface area (Å²) >= 11 is 3.71. The van der Waals surface area contributed by atoms with Gasteiger partial charge in [0.25, 0.3) is 0 Å². The summed E-state index contributed by atoms with van der Waals surface area (Å²) < 4.78 is 12.5. The summed E-state index contributed by atoms with van der Waals surface area (Å²) in [6, 6.07) is 4.52. The Kier molecular flexibility index (Phi) is 6.37. The van der Waals surface area contributed by atoms with Crippen LogP contribution in [-0.4, -0.2) is 20.3 Å². The number of nitrogens with one attached hydrogen (secondary N) is 1. The average molecular weight is 356 g/mol. The molecule has 21 heavy (non-hydrogen) atoms. The van der Waals surface area contributed by atoms with E-state index in [4.69, 9.17) is 9.47 Å². The van der Waals surface area contributed by atoms with Crippen molar-refractivity contribution >= 4 is 15.9 Å². The number of halogens is 1. The number of fused-ring (bicyclic) bond motifs is 1. The zero-order valence-electron chi connectivity index (χ0n) is 13.2. The smallest absolute Gasteiger partial charge is 0.162 e. The monoisotopic (exact) mass is 355 g/mol. The summed E-state index contributed by atoms with van der Waals surface area (Å²) in [6.07, 6.45) is 4.94. The fourth-order valence-electron chi connectivity index (χ4n) is 3.04. The van der Waals surface area contributed by atoms with E-state index in [1.54, 1.807) is 0 Å². The fraction of sp³-hybridized carbons (Fsp3) is 0.647. The summed E-state index contributed by atoms with van der Waals surface area (Å²) in [7, 11) is 2.04. The molecule has 118 valence electrons. The van der Waals surface area contributed by atoms with Crippen molar-refractivity contribution in [3.63, 3.8) is 0 Å². The molecular formula is C17H26BrNO2. The van der Waals surface area contributed by atoms with Gasteiger partial charge >= 0.3 is 0 Å². The van der Waals surface area contributed by atoms with Gasteiger partial charge in [0, 0.05) is 10.5 Å². The van der Waals surface area contributed by atoms with E-state index in [1.807, 2.05) is 13.1 Å². The number of hydrogen-bond acceptors (Lipinski definition) is 3. The van der Waals surface area contributed by atoms with E-state index in [0.29, 0.717) is 25.2 Å². The largest absolute Gasteiger partial charge is 0.486 e. The minimum absolute atomic E-state index is 0.340. The van der Waals surface area contributed by atoms with Crippen LogP contribution in [-0.2, 0) is 0 Å². The maximum Gasteiger partial charge on any atom is 0.162 e. The molecule has 1 N–H and O–H groups in total. The van der Waals surface area contributed by atoms with Crippen LogP contribution in [0.5, 0.6) is 11.5 Å². The molecule has 1 aromatic rings. The standard InChI is InChI=1S/C17H26BrNO2/c1-4-6-7-12(5-2)17(19-3)13-10-15-16(11-14(13)18)21-9-8-20-15/h10-12,17,19H,4-9H2,1-3H3. The van der Waals surface area contributed by atoms with Crippen molar-refractivity contribution in [3.05, 3.63) is 22.2 Å². The van der Waals surface area contributed by atoms with Gasteiger partial charge in [0.1, 0.15) is 13.2 Å². The molecule has 0 aromatic heterocycles. The minimum Gasteiger partial charge on any atom is -0.486 e. The lowest BCUT2D eigenvalue weighted by atomic mass is 9.87. The number of ether oxygens (including phenoxy) is 2. The van der Waals surface area contributed by atoms with Crippen molar-refractivity contribution in [1.82, 2.24) is 5.32 Å². The van der Waals surface area contributed by atoms with Crippen LogP contribution in [0.4, 0.5) is 0 Å². The molecule has 1 aliphatic heterocycles. The van der Waals surface area contributed by atoms with Crippen molar-refractivity contribution in [1.29, 1.82) is 0 Å². The van der Waals surface area contributed by atoms with Gasteiger partial charge in [-0.1, -0.05) is 49.0 Å². The summed E-state index contributed by atoms with van der Waals surface area (Å²) in [6.45, 7) is 5.78. The first-order valence-electron chi connectivity index (χ1n) is 7.97. The maximum atomic E-state index is 5.73. The van der Waals surface area contributed by atoms with Gasteiger partial charge in [0.05, 0.1) is 0 Å². The highest BCUT2D eigenvalue weighted by Crippen LogP contribution is 2.40. The van der Waals surface area contributed by atoms with Crippen LogP contribution < -0.4 is 14.8 Å². The van der Waals surface area contributed by atoms with Crippen molar-refractivity contribution in [2.75, 3.05) is 20.3 Å². The van der Waals surface area contributed by atoms with Gasteiger partial charge in [-0.05, 0) is 37.1 Å². The van der Waals surface area contributed by atoms with Crippen molar-refractivity contribution in [2.24, 2.45) is 5.92 Å². The van der Waals surface area contributed by atoms with Gasteiger partial charge in [-0.2, -0.15) is 0 Å². The van der Waals surface area contributed by atoms with E-state index in [1.165, 1.54) is 31.2 Å². The van der Waals surface area contributed by atoms with E-state index in [-0.39, 0.29) is 0 Å². The number of hydrogen-bond donors (Lipinski definition) is 1. The molecule has 0 saturated carbocycles. The highest BCUT2D eigenvalue weighted by molar-refractivity contribution is 9.10. The van der Waals surface area contributed by atoms with Gasteiger partial charge in [-0.25, -0.2) is 0 Å². The lowest BCUT2D eigenvalue weighted by molar-refractivity contribution is 0.171. The van der Waals surface area contributed by atoms with Gasteiger partial charge in [0.2, 0.25) is 0 Å². The molecule has 0 fully saturated rings. The lowest BCUT2D eigenvalue weighted by Gasteiger charge is -2.29. The minimum atomic E-state index is 0.340. The molecule has 0 amide bonds. The van der Waals surface area contributed by atoms with Crippen LogP contribution in [0.3, 0.4) is 0 Å². The third-order valence-corrected chi connectivity index (χ3v) is 4.92. The molecule has 0 spiro atoms. The predicted molar refractivity (Wildman–Crippen MR) is 90.2 cm³/mol. The second-order valence-electron chi connectivity index (χ2n) is 5.59. The van der Waals surface area contributed by atoms with Crippen LogP contribution in [0.15, 0.2) is 16.6 Å². The lowest BCUT2D eigenvalue weighted by Crippen LogP contribution is -2.26. The highest BCUT2D eigenvalue weighted by atomic mass is 79.9. The van der Waals surface area contributed by atoms with Crippen LogP contribution in [0.25, 0.3) is 0 Å². The van der Waals surface area contributed by atoms with Crippen LogP contribution in [0, 0.1) is 5.92 Å². The van der Waals surface area contributed by atoms with E-state index in [2.05, 4.69) is 41.2 Å². The zero-order chi connectivity index (χ0) is 15.2. The van der Waals surface area contributed by atoms with Crippen molar-refractivity contribution in [2.45, 2.75) is 45.6 Å². The first-order chi connectivity index (χ1) is 10.2. The summed E-state index contributed by atoms with van der Waals surface area (Å²) in [5, 5.41) is 3.50. The Bertz CT molecular complexity index is 464. The molecule has 2 atom stereocenters. The highest BCUT2D eigenvalue weighted by Gasteiger charge is 2.24.